The van der Waals surface area contributed by atoms with Crippen molar-refractivity contribution in [2.24, 2.45) is 0 Å². The van der Waals surface area contributed by atoms with E-state index in [0.29, 0.717) is 0 Å². The smallest absolute Gasteiger partial charge is 0.162 e. The van der Waals surface area contributed by atoms with E-state index in [1.807, 2.05) is 18.2 Å². The molecule has 118 valence electrons. The molecule has 0 saturated carbocycles. The first-order chi connectivity index (χ1) is 11.3. The summed E-state index contributed by atoms with van der Waals surface area (Å²) in [5, 5.41) is 8.74. The zero-order chi connectivity index (χ0) is 15.6. The molecule has 0 radical (unpaired) electrons. The van der Waals surface area contributed by atoms with Crippen molar-refractivity contribution in [3.63, 3.8) is 0 Å². The normalized spacial score (nSPS) is 19.1. The molecule has 1 fully saturated rings. The van der Waals surface area contributed by atoms with Gasteiger partial charge in [0.25, 0.3) is 0 Å². The number of nitrogens with zero attached hydrogens (tertiary/aromatic N) is 2. The van der Waals surface area contributed by atoms with Gasteiger partial charge in [-0.3, -0.25) is 0 Å². The van der Waals surface area contributed by atoms with Gasteiger partial charge in [-0.1, -0.05) is 12.1 Å². The average molecular weight is 325 g/mol. The minimum atomic E-state index is 0.228. The quantitative estimate of drug-likeness (QED) is 0.775. The van der Waals surface area contributed by atoms with Crippen molar-refractivity contribution < 1.29 is 4.74 Å². The van der Waals surface area contributed by atoms with Crippen LogP contribution in [-0.4, -0.2) is 28.7 Å². The summed E-state index contributed by atoms with van der Waals surface area (Å²) in [5.41, 5.74) is 2.03. The molecule has 0 amide bonds. The van der Waals surface area contributed by atoms with Gasteiger partial charge in [0.1, 0.15) is 5.82 Å². The number of thiophene rings is 1. The first-order valence-corrected chi connectivity index (χ1v) is 8.93. The fourth-order valence-corrected chi connectivity index (χ4v) is 3.65. The van der Waals surface area contributed by atoms with Crippen LogP contribution in [0.15, 0.2) is 41.1 Å². The molecule has 1 aliphatic heterocycles. The molecule has 1 aliphatic rings. The highest BCUT2D eigenvalue weighted by Gasteiger charge is 2.23. The maximum absolute atomic E-state index is 5.80. The summed E-state index contributed by atoms with van der Waals surface area (Å²) in [6.45, 7) is 3.03. The summed E-state index contributed by atoms with van der Waals surface area (Å²) < 4.78 is 5.80. The Balaban J connectivity index is 1.74. The fraction of sp³-hybridized carbons (Fsp3) is 0.333. The van der Waals surface area contributed by atoms with Crippen LogP contribution >= 0.6 is 11.3 Å². The minimum absolute atomic E-state index is 0.228. The molecule has 0 aliphatic carbocycles. The zero-order valence-electron chi connectivity index (χ0n) is 13.0. The molecule has 0 spiro atoms. The first kappa shape index (κ1) is 14.6. The van der Waals surface area contributed by atoms with E-state index in [9.17, 15) is 0 Å². The molecule has 4 rings (SSSR count). The highest BCUT2D eigenvalue weighted by Crippen LogP contribution is 2.27. The van der Waals surface area contributed by atoms with Crippen LogP contribution in [0.5, 0.6) is 0 Å². The van der Waals surface area contributed by atoms with Gasteiger partial charge in [-0.15, -0.1) is 0 Å². The van der Waals surface area contributed by atoms with Crippen LogP contribution in [0.2, 0.25) is 0 Å². The van der Waals surface area contributed by atoms with Crippen LogP contribution in [0, 0.1) is 0 Å². The number of hydrogen-bond acceptors (Lipinski definition) is 5. The molecule has 2 aromatic heterocycles. The van der Waals surface area contributed by atoms with E-state index in [2.05, 4.69) is 35.1 Å². The SMILES string of the molecule is C[C@H](Nc1nc(-c2ccsc2)nc2ccccc12)[C@H]1CCCO1. The summed E-state index contributed by atoms with van der Waals surface area (Å²) >= 11 is 1.66. The van der Waals surface area contributed by atoms with Crippen LogP contribution in [-0.2, 0) is 4.74 Å². The molecule has 1 N–H and O–H groups in total. The Kier molecular flexibility index (Phi) is 3.97. The molecule has 4 nitrogen and oxygen atoms in total. The van der Waals surface area contributed by atoms with Crippen molar-refractivity contribution in [1.82, 2.24) is 9.97 Å². The summed E-state index contributed by atoms with van der Waals surface area (Å²) in [6, 6.07) is 10.4. The van der Waals surface area contributed by atoms with Crippen LogP contribution in [0.3, 0.4) is 0 Å². The number of fused-ring (bicyclic) bond motifs is 1. The molecule has 5 heteroatoms. The fourth-order valence-electron chi connectivity index (χ4n) is 3.01. The van der Waals surface area contributed by atoms with Gasteiger partial charge in [0.2, 0.25) is 0 Å². The zero-order valence-corrected chi connectivity index (χ0v) is 13.8. The second-order valence-corrected chi connectivity index (χ2v) is 6.69. The van der Waals surface area contributed by atoms with Gasteiger partial charge in [0.15, 0.2) is 5.82 Å². The Morgan fingerprint density at radius 3 is 2.96 bits per heavy atom. The van der Waals surface area contributed by atoms with Gasteiger partial charge >= 0.3 is 0 Å². The predicted molar refractivity (Wildman–Crippen MR) is 94.9 cm³/mol. The molecule has 1 aromatic carbocycles. The van der Waals surface area contributed by atoms with Crippen molar-refractivity contribution in [3.05, 3.63) is 41.1 Å². The van der Waals surface area contributed by atoms with Gasteiger partial charge < -0.3 is 10.1 Å². The predicted octanol–water partition coefficient (Wildman–Crippen LogP) is 4.34. The third-order valence-electron chi connectivity index (χ3n) is 4.27. The number of rotatable bonds is 4. The lowest BCUT2D eigenvalue weighted by Crippen LogP contribution is -2.30. The highest BCUT2D eigenvalue weighted by atomic mass is 32.1. The summed E-state index contributed by atoms with van der Waals surface area (Å²) in [5.74, 6) is 1.66. The molecule has 3 aromatic rings. The van der Waals surface area contributed by atoms with E-state index in [1.165, 1.54) is 0 Å². The summed E-state index contributed by atoms with van der Waals surface area (Å²) in [6.07, 6.45) is 2.50. The first-order valence-electron chi connectivity index (χ1n) is 7.99. The molecule has 23 heavy (non-hydrogen) atoms. The lowest BCUT2D eigenvalue weighted by Gasteiger charge is -2.21. The molecular weight excluding hydrogens is 306 g/mol. The maximum atomic E-state index is 5.80. The van der Waals surface area contributed by atoms with E-state index in [-0.39, 0.29) is 12.1 Å². The van der Waals surface area contributed by atoms with E-state index in [0.717, 1.165) is 47.6 Å². The molecule has 1 saturated heterocycles. The summed E-state index contributed by atoms with van der Waals surface area (Å²) in [4.78, 5) is 9.49. The Hall–Kier alpha value is -1.98. The van der Waals surface area contributed by atoms with Gasteiger partial charge in [0, 0.05) is 22.9 Å². The number of para-hydroxylation sites is 1. The van der Waals surface area contributed by atoms with E-state index >= 15 is 0 Å². The van der Waals surface area contributed by atoms with E-state index in [4.69, 9.17) is 14.7 Å². The lowest BCUT2D eigenvalue weighted by molar-refractivity contribution is 0.0996. The van der Waals surface area contributed by atoms with Gasteiger partial charge in [-0.25, -0.2) is 9.97 Å². The van der Waals surface area contributed by atoms with Crippen LogP contribution in [0.1, 0.15) is 19.8 Å². The van der Waals surface area contributed by atoms with Crippen molar-refractivity contribution in [2.75, 3.05) is 11.9 Å². The van der Waals surface area contributed by atoms with Crippen LogP contribution in [0.25, 0.3) is 22.3 Å². The molecular formula is C18H19N3OS. The van der Waals surface area contributed by atoms with Crippen molar-refractivity contribution >= 4 is 28.1 Å². The van der Waals surface area contributed by atoms with Crippen LogP contribution in [0.4, 0.5) is 5.82 Å². The lowest BCUT2D eigenvalue weighted by atomic mass is 10.1. The van der Waals surface area contributed by atoms with Gasteiger partial charge in [-0.05, 0) is 43.3 Å². The second-order valence-electron chi connectivity index (χ2n) is 5.91. The number of benzene rings is 1. The topological polar surface area (TPSA) is 47.0 Å². The molecule has 3 heterocycles. The van der Waals surface area contributed by atoms with E-state index in [1.54, 1.807) is 11.3 Å². The molecule has 2 atom stereocenters. The number of aromatic nitrogens is 2. The Morgan fingerprint density at radius 2 is 2.17 bits per heavy atom. The highest BCUT2D eigenvalue weighted by molar-refractivity contribution is 7.08. The minimum Gasteiger partial charge on any atom is -0.376 e. The Bertz CT molecular complexity index is 797. The van der Waals surface area contributed by atoms with Crippen molar-refractivity contribution in [2.45, 2.75) is 31.9 Å². The standard InChI is InChI=1S/C18H19N3OS/c1-12(16-7-4-9-22-16)19-18-14-5-2-3-6-15(14)20-17(21-18)13-8-10-23-11-13/h2-3,5-6,8,10-12,16H,4,7,9H2,1H3,(H,19,20,21)/t12-,16+/m0/s1. The second kappa shape index (κ2) is 6.26. The molecule has 0 bridgehead atoms. The van der Waals surface area contributed by atoms with Crippen molar-refractivity contribution in [3.8, 4) is 11.4 Å². The average Bonchev–Trinajstić information content (AvgIpc) is 3.28. The molecule has 0 unspecified atom stereocenters. The third kappa shape index (κ3) is 2.94. The van der Waals surface area contributed by atoms with Gasteiger partial charge in [-0.2, -0.15) is 11.3 Å². The number of nitrogens with one attached hydrogen (secondary N) is 1. The monoisotopic (exact) mass is 325 g/mol. The van der Waals surface area contributed by atoms with E-state index < -0.39 is 0 Å². The van der Waals surface area contributed by atoms with Crippen LogP contribution < -0.4 is 5.32 Å². The Labute approximate surface area is 139 Å². The third-order valence-corrected chi connectivity index (χ3v) is 4.95. The number of ether oxygens (including phenoxy) is 1. The maximum Gasteiger partial charge on any atom is 0.162 e. The van der Waals surface area contributed by atoms with Gasteiger partial charge in [0.05, 0.1) is 17.7 Å². The van der Waals surface area contributed by atoms with Crippen molar-refractivity contribution in [1.29, 1.82) is 0 Å². The largest absolute Gasteiger partial charge is 0.376 e. The Morgan fingerprint density at radius 1 is 1.26 bits per heavy atom. The number of anilines is 1. The summed E-state index contributed by atoms with van der Waals surface area (Å²) in [7, 11) is 0. The number of hydrogen-bond donors (Lipinski definition) is 1.